The SMILES string of the molecule is Cc1ccc(OCC2CC2)c(C2(C(=O)O)CCCCC2)c1. The van der Waals surface area contributed by atoms with E-state index in [4.69, 9.17) is 4.74 Å². The summed E-state index contributed by atoms with van der Waals surface area (Å²) in [5.41, 5.74) is 1.26. The van der Waals surface area contributed by atoms with Gasteiger partial charge in [0.1, 0.15) is 5.75 Å². The van der Waals surface area contributed by atoms with Crippen LogP contribution in [0.3, 0.4) is 0 Å². The largest absolute Gasteiger partial charge is 0.493 e. The molecule has 0 saturated heterocycles. The molecular weight excluding hydrogens is 264 g/mol. The highest BCUT2D eigenvalue weighted by atomic mass is 16.5. The van der Waals surface area contributed by atoms with Crippen LogP contribution in [0, 0.1) is 12.8 Å². The van der Waals surface area contributed by atoms with E-state index in [2.05, 4.69) is 0 Å². The molecule has 0 spiro atoms. The van der Waals surface area contributed by atoms with Crippen LogP contribution in [0.1, 0.15) is 56.1 Å². The Morgan fingerprint density at radius 2 is 2.00 bits per heavy atom. The van der Waals surface area contributed by atoms with E-state index in [-0.39, 0.29) is 0 Å². The molecule has 1 aromatic carbocycles. The third-order valence-corrected chi connectivity index (χ3v) is 4.94. The van der Waals surface area contributed by atoms with E-state index in [1.807, 2.05) is 25.1 Å². The first-order valence-corrected chi connectivity index (χ1v) is 8.09. The average molecular weight is 288 g/mol. The molecule has 2 aliphatic carbocycles. The molecule has 2 saturated carbocycles. The molecule has 2 fully saturated rings. The van der Waals surface area contributed by atoms with Crippen molar-refractivity contribution in [1.29, 1.82) is 0 Å². The fourth-order valence-electron chi connectivity index (χ4n) is 3.39. The van der Waals surface area contributed by atoms with E-state index in [1.165, 1.54) is 12.8 Å². The number of benzene rings is 1. The van der Waals surface area contributed by atoms with Gasteiger partial charge in [-0.05, 0) is 44.6 Å². The summed E-state index contributed by atoms with van der Waals surface area (Å²) < 4.78 is 5.98. The smallest absolute Gasteiger partial charge is 0.314 e. The molecule has 0 heterocycles. The van der Waals surface area contributed by atoms with E-state index in [0.29, 0.717) is 5.92 Å². The molecule has 3 rings (SSSR count). The number of carbonyl (C=O) groups is 1. The van der Waals surface area contributed by atoms with Crippen molar-refractivity contribution < 1.29 is 14.6 Å². The van der Waals surface area contributed by atoms with Gasteiger partial charge < -0.3 is 9.84 Å². The maximum Gasteiger partial charge on any atom is 0.314 e. The second-order valence-electron chi connectivity index (χ2n) is 6.70. The Morgan fingerprint density at radius 1 is 1.29 bits per heavy atom. The van der Waals surface area contributed by atoms with Gasteiger partial charge in [0.05, 0.1) is 12.0 Å². The van der Waals surface area contributed by atoms with Crippen LogP contribution >= 0.6 is 0 Å². The van der Waals surface area contributed by atoms with Crippen molar-refractivity contribution in [2.45, 2.75) is 57.3 Å². The lowest BCUT2D eigenvalue weighted by Crippen LogP contribution is -2.38. The molecule has 2 aliphatic rings. The van der Waals surface area contributed by atoms with E-state index >= 15 is 0 Å². The van der Waals surface area contributed by atoms with Crippen LogP contribution < -0.4 is 4.74 Å². The molecule has 0 unspecified atom stereocenters. The van der Waals surface area contributed by atoms with E-state index in [9.17, 15) is 9.90 Å². The summed E-state index contributed by atoms with van der Waals surface area (Å²) in [6, 6.07) is 6.01. The first-order valence-electron chi connectivity index (χ1n) is 8.09. The lowest BCUT2D eigenvalue weighted by atomic mass is 9.69. The first kappa shape index (κ1) is 14.4. The summed E-state index contributed by atoms with van der Waals surface area (Å²) >= 11 is 0. The number of aliphatic carboxylic acids is 1. The van der Waals surface area contributed by atoms with Crippen molar-refractivity contribution in [3.05, 3.63) is 29.3 Å². The Bertz CT molecular complexity index is 525. The topological polar surface area (TPSA) is 46.5 Å². The van der Waals surface area contributed by atoms with E-state index in [0.717, 1.165) is 55.6 Å². The van der Waals surface area contributed by atoms with Crippen molar-refractivity contribution in [2.75, 3.05) is 6.61 Å². The maximum absolute atomic E-state index is 12.0. The predicted molar refractivity (Wildman–Crippen MR) is 81.8 cm³/mol. The summed E-state index contributed by atoms with van der Waals surface area (Å²) in [5, 5.41) is 9.89. The van der Waals surface area contributed by atoms with E-state index in [1.54, 1.807) is 0 Å². The predicted octanol–water partition coefficient (Wildman–Crippen LogP) is 4.07. The van der Waals surface area contributed by atoms with Crippen molar-refractivity contribution in [3.63, 3.8) is 0 Å². The molecule has 0 atom stereocenters. The van der Waals surface area contributed by atoms with Crippen LogP contribution in [0.25, 0.3) is 0 Å². The Balaban J connectivity index is 1.96. The van der Waals surface area contributed by atoms with Crippen molar-refractivity contribution in [1.82, 2.24) is 0 Å². The summed E-state index contributed by atoms with van der Waals surface area (Å²) in [5.74, 6) is 0.771. The third-order valence-electron chi connectivity index (χ3n) is 4.94. The highest BCUT2D eigenvalue weighted by Gasteiger charge is 2.43. The van der Waals surface area contributed by atoms with Crippen molar-refractivity contribution in [3.8, 4) is 5.75 Å². The average Bonchev–Trinajstić information content (AvgIpc) is 3.30. The molecule has 0 bridgehead atoms. The Kier molecular flexibility index (Phi) is 3.92. The summed E-state index contributed by atoms with van der Waals surface area (Å²) in [4.78, 5) is 12.0. The molecule has 1 N–H and O–H groups in total. The van der Waals surface area contributed by atoms with Gasteiger partial charge >= 0.3 is 5.97 Å². The molecule has 114 valence electrons. The number of carboxylic acid groups (broad SMARTS) is 1. The normalized spacial score (nSPS) is 21.0. The fourth-order valence-corrected chi connectivity index (χ4v) is 3.39. The molecule has 1 aromatic rings. The number of hydrogen-bond acceptors (Lipinski definition) is 2. The van der Waals surface area contributed by atoms with Crippen LogP contribution in [0.15, 0.2) is 18.2 Å². The fraction of sp³-hybridized carbons (Fsp3) is 0.611. The Labute approximate surface area is 126 Å². The quantitative estimate of drug-likeness (QED) is 0.888. The van der Waals surface area contributed by atoms with Crippen LogP contribution in [-0.2, 0) is 10.2 Å². The minimum atomic E-state index is -0.747. The Hall–Kier alpha value is -1.51. The van der Waals surface area contributed by atoms with Gasteiger partial charge in [-0.25, -0.2) is 0 Å². The van der Waals surface area contributed by atoms with Crippen LogP contribution in [0.4, 0.5) is 0 Å². The van der Waals surface area contributed by atoms with Gasteiger partial charge in [-0.3, -0.25) is 4.79 Å². The van der Waals surface area contributed by atoms with Gasteiger partial charge in [0.2, 0.25) is 0 Å². The summed E-state index contributed by atoms with van der Waals surface area (Å²) in [7, 11) is 0. The number of carboxylic acids is 1. The number of rotatable bonds is 5. The molecule has 0 amide bonds. The van der Waals surface area contributed by atoms with Crippen LogP contribution in [0.2, 0.25) is 0 Å². The van der Waals surface area contributed by atoms with Crippen molar-refractivity contribution >= 4 is 5.97 Å². The number of ether oxygens (including phenoxy) is 1. The molecule has 0 aliphatic heterocycles. The van der Waals surface area contributed by atoms with Crippen LogP contribution in [0.5, 0.6) is 5.75 Å². The standard InChI is InChI=1S/C18H24O3/c1-13-5-8-16(21-12-14-6-7-14)15(11-13)18(17(19)20)9-3-2-4-10-18/h5,8,11,14H,2-4,6-7,9-10,12H2,1H3,(H,19,20). The minimum absolute atomic E-state index is 0.672. The van der Waals surface area contributed by atoms with E-state index < -0.39 is 11.4 Å². The summed E-state index contributed by atoms with van der Waals surface area (Å²) in [6.45, 7) is 2.75. The zero-order chi connectivity index (χ0) is 14.9. The van der Waals surface area contributed by atoms with Gasteiger partial charge in [-0.2, -0.15) is 0 Å². The van der Waals surface area contributed by atoms with Gasteiger partial charge in [0.15, 0.2) is 0 Å². The monoisotopic (exact) mass is 288 g/mol. The molecular formula is C18H24O3. The molecule has 21 heavy (non-hydrogen) atoms. The molecule has 3 nitrogen and oxygen atoms in total. The first-order chi connectivity index (χ1) is 10.1. The highest BCUT2D eigenvalue weighted by Crippen LogP contribution is 2.44. The second kappa shape index (κ2) is 5.70. The highest BCUT2D eigenvalue weighted by molar-refractivity contribution is 5.82. The minimum Gasteiger partial charge on any atom is -0.493 e. The second-order valence-corrected chi connectivity index (χ2v) is 6.70. The maximum atomic E-state index is 12.0. The molecule has 0 radical (unpaired) electrons. The molecule has 0 aromatic heterocycles. The molecule has 3 heteroatoms. The number of hydrogen-bond donors (Lipinski definition) is 1. The van der Waals surface area contributed by atoms with Gasteiger partial charge in [0, 0.05) is 5.56 Å². The lowest BCUT2D eigenvalue weighted by Gasteiger charge is -2.35. The third kappa shape index (κ3) is 2.92. The number of aryl methyl sites for hydroxylation is 1. The zero-order valence-corrected chi connectivity index (χ0v) is 12.7. The van der Waals surface area contributed by atoms with Gasteiger partial charge in [-0.1, -0.05) is 37.0 Å². The summed E-state index contributed by atoms with van der Waals surface area (Å²) in [6.07, 6.45) is 7.05. The lowest BCUT2D eigenvalue weighted by molar-refractivity contribution is -0.145. The van der Waals surface area contributed by atoms with Gasteiger partial charge in [0.25, 0.3) is 0 Å². The van der Waals surface area contributed by atoms with Gasteiger partial charge in [-0.15, -0.1) is 0 Å². The van der Waals surface area contributed by atoms with Crippen LogP contribution in [-0.4, -0.2) is 17.7 Å². The zero-order valence-electron chi connectivity index (χ0n) is 12.7. The Morgan fingerprint density at radius 3 is 2.62 bits per heavy atom. The van der Waals surface area contributed by atoms with Crippen molar-refractivity contribution in [2.24, 2.45) is 5.92 Å².